The molecule has 1 unspecified atom stereocenters. The van der Waals surface area contributed by atoms with Crippen molar-refractivity contribution in [3.05, 3.63) is 71.2 Å². The van der Waals surface area contributed by atoms with E-state index in [-0.39, 0.29) is 61.4 Å². The molecule has 0 aliphatic heterocycles. The number of carbonyl (C=O) groups excluding carboxylic acids is 4. The molecule has 0 spiro atoms. The summed E-state index contributed by atoms with van der Waals surface area (Å²) in [6, 6.07) is 13.2. The van der Waals surface area contributed by atoms with E-state index < -0.39 is 55.8 Å². The molecule has 0 aliphatic rings. The van der Waals surface area contributed by atoms with Crippen LogP contribution < -0.4 is 15.4 Å². The van der Waals surface area contributed by atoms with Crippen LogP contribution in [0.5, 0.6) is 11.5 Å². The Labute approximate surface area is 381 Å². The second-order valence-corrected chi connectivity index (χ2v) is 18.4. The van der Waals surface area contributed by atoms with E-state index in [1.165, 1.54) is 87.1 Å². The Morgan fingerprint density at radius 2 is 1.48 bits per heavy atom. The number of ketones is 1. The van der Waals surface area contributed by atoms with Crippen molar-refractivity contribution in [3.63, 3.8) is 0 Å². The standard InChI is InChI=1S/C44H53ClN4O13S2/c1-6-7-8-9-10-11-12-13-14-15-22-59-43(54)28-16-21-33(45)34(24-28)47-42(53)40(41(52)44(3,4)5)60-31-19-17-30(18-20-31)48-49-38-36(63-62-61-55)25-29-23-32(64(56,57)58)26-35(46-27(2)50)37(29)39(38)51/h16-21,23-26,40,51,55H,6-15,22H2,1-5H3,(H,46,50)(H,47,53)(H,56,57,58). The number of amides is 2. The number of hydrogen-bond acceptors (Lipinski definition) is 15. The zero-order valence-corrected chi connectivity index (χ0v) is 38.5. The lowest BCUT2D eigenvalue weighted by molar-refractivity contribution is -0.432. The van der Waals surface area contributed by atoms with Crippen molar-refractivity contribution in [2.75, 3.05) is 17.2 Å². The second-order valence-electron chi connectivity index (χ2n) is 15.8. The molecule has 0 saturated carbocycles. The molecular weight excluding hydrogens is 892 g/mol. The topological polar surface area (TPSA) is 249 Å². The van der Waals surface area contributed by atoms with E-state index in [1.54, 1.807) is 20.8 Å². The number of carbonyl (C=O) groups is 4. The minimum atomic E-state index is -4.76. The zero-order chi connectivity index (χ0) is 47.0. The molecule has 64 heavy (non-hydrogen) atoms. The predicted octanol–water partition coefficient (Wildman–Crippen LogP) is 11.3. The van der Waals surface area contributed by atoms with Gasteiger partial charge in [0.05, 0.1) is 56.1 Å². The van der Waals surface area contributed by atoms with E-state index in [1.807, 2.05) is 0 Å². The molecule has 0 heterocycles. The largest absolute Gasteiger partial charge is 0.505 e. The van der Waals surface area contributed by atoms with E-state index >= 15 is 0 Å². The van der Waals surface area contributed by atoms with Gasteiger partial charge in [-0.2, -0.15) is 13.5 Å². The van der Waals surface area contributed by atoms with Crippen LogP contribution in [0.15, 0.2) is 80.7 Å². The number of hydrogen-bond donors (Lipinski definition) is 5. The van der Waals surface area contributed by atoms with E-state index in [0.29, 0.717) is 12.0 Å². The van der Waals surface area contributed by atoms with Crippen LogP contribution >= 0.6 is 23.6 Å². The SMILES string of the molecule is CCCCCCCCCCCCOC(=O)c1ccc(Cl)c(NC(=O)C(Oc2ccc(N=Nc3c(SOOO)cc4cc(S(=O)(=O)O)cc(NC(C)=O)c4c3O)cc2)C(=O)C(C)(C)C)c1. The summed E-state index contributed by atoms with van der Waals surface area (Å²) in [5, 5.41) is 37.2. The number of nitrogens with zero attached hydrogens (tertiary/aromatic N) is 2. The quantitative estimate of drug-likeness (QED) is 0.00641. The summed E-state index contributed by atoms with van der Waals surface area (Å²) < 4.78 is 49.6. The summed E-state index contributed by atoms with van der Waals surface area (Å²) in [6.45, 7) is 8.48. The Morgan fingerprint density at radius 1 is 0.844 bits per heavy atom. The Bertz CT molecular complexity index is 2430. The summed E-state index contributed by atoms with van der Waals surface area (Å²) in [4.78, 5) is 51.6. The molecule has 0 radical (unpaired) electrons. The van der Waals surface area contributed by atoms with Gasteiger partial charge < -0.3 is 25.2 Å². The number of ether oxygens (including phenoxy) is 2. The molecule has 4 rings (SSSR count). The molecule has 4 aromatic rings. The van der Waals surface area contributed by atoms with Gasteiger partial charge in [0.2, 0.25) is 12.0 Å². The number of nitrogens with one attached hydrogen (secondary N) is 2. The first kappa shape index (κ1) is 51.5. The van der Waals surface area contributed by atoms with Crippen LogP contribution in [0.3, 0.4) is 0 Å². The van der Waals surface area contributed by atoms with E-state index in [4.69, 9.17) is 26.3 Å². The van der Waals surface area contributed by atoms with Crippen molar-refractivity contribution in [3.8, 4) is 11.5 Å². The number of benzene rings is 4. The number of rotatable bonds is 24. The summed E-state index contributed by atoms with van der Waals surface area (Å²) in [5.74, 6) is -3.14. The highest BCUT2D eigenvalue weighted by Gasteiger charge is 2.37. The number of Topliss-reactive ketones (excluding diaryl/α,β-unsaturated/α-hetero) is 1. The fourth-order valence-corrected chi connectivity index (χ4v) is 7.55. The number of phenolic OH excluding ortho intramolecular Hbond substituents is 1. The van der Waals surface area contributed by atoms with Crippen LogP contribution in [-0.4, -0.2) is 59.6 Å². The molecule has 346 valence electrons. The first-order valence-corrected chi connectivity index (χ1v) is 23.1. The lowest BCUT2D eigenvalue weighted by atomic mass is 9.87. The van der Waals surface area contributed by atoms with Gasteiger partial charge in [0, 0.05) is 17.7 Å². The van der Waals surface area contributed by atoms with Crippen LogP contribution in [0.25, 0.3) is 10.8 Å². The van der Waals surface area contributed by atoms with Crippen molar-refractivity contribution in [2.45, 2.75) is 115 Å². The highest BCUT2D eigenvalue weighted by molar-refractivity contribution is 7.94. The number of phenols is 1. The molecule has 0 fully saturated rings. The lowest BCUT2D eigenvalue weighted by Crippen LogP contribution is -2.45. The Hall–Kier alpha value is -5.15. The van der Waals surface area contributed by atoms with Gasteiger partial charge in [0.25, 0.3) is 16.0 Å². The summed E-state index contributed by atoms with van der Waals surface area (Å²) in [5.41, 5.74) is -1.07. The fourth-order valence-electron chi connectivity index (χ4n) is 6.35. The third-order valence-electron chi connectivity index (χ3n) is 9.65. The number of azo groups is 1. The van der Waals surface area contributed by atoms with Gasteiger partial charge in [-0.1, -0.05) is 102 Å². The predicted molar refractivity (Wildman–Crippen MR) is 242 cm³/mol. The van der Waals surface area contributed by atoms with Gasteiger partial charge in [-0.3, -0.25) is 18.9 Å². The first-order valence-electron chi connectivity index (χ1n) is 20.6. The minimum Gasteiger partial charge on any atom is -0.505 e. The normalized spacial score (nSPS) is 12.3. The molecule has 4 aromatic carbocycles. The molecule has 0 aliphatic carbocycles. The smallest absolute Gasteiger partial charge is 0.338 e. The average molecular weight is 946 g/mol. The Kier molecular flexibility index (Phi) is 19.5. The maximum Gasteiger partial charge on any atom is 0.338 e. The molecule has 20 heteroatoms. The van der Waals surface area contributed by atoms with Crippen LogP contribution in [0, 0.1) is 5.41 Å². The molecule has 5 N–H and O–H groups in total. The zero-order valence-electron chi connectivity index (χ0n) is 36.1. The van der Waals surface area contributed by atoms with Gasteiger partial charge in [0.15, 0.2) is 11.5 Å². The fraction of sp³-hybridized carbons (Fsp3) is 0.409. The average Bonchev–Trinajstić information content (AvgIpc) is 3.23. The van der Waals surface area contributed by atoms with Crippen molar-refractivity contribution >= 4 is 90.9 Å². The van der Waals surface area contributed by atoms with E-state index in [9.17, 15) is 37.3 Å². The Balaban J connectivity index is 1.49. The van der Waals surface area contributed by atoms with Gasteiger partial charge in [-0.25, -0.2) is 10.1 Å². The molecule has 2 amide bonds. The molecular formula is C44H53ClN4O13S2. The first-order chi connectivity index (χ1) is 30.3. The highest BCUT2D eigenvalue weighted by Crippen LogP contribution is 2.47. The van der Waals surface area contributed by atoms with Crippen molar-refractivity contribution in [1.29, 1.82) is 0 Å². The van der Waals surface area contributed by atoms with Crippen molar-refractivity contribution in [1.82, 2.24) is 0 Å². The number of unbranched alkanes of at least 4 members (excludes halogenated alkanes) is 9. The van der Waals surface area contributed by atoms with Gasteiger partial charge in [0.1, 0.15) is 11.4 Å². The van der Waals surface area contributed by atoms with Crippen LogP contribution in [0.2, 0.25) is 5.02 Å². The van der Waals surface area contributed by atoms with Gasteiger partial charge in [-0.05, 0) is 72.5 Å². The number of aromatic hydroxyl groups is 1. The molecule has 17 nitrogen and oxygen atoms in total. The van der Waals surface area contributed by atoms with Crippen LogP contribution in [0.1, 0.15) is 109 Å². The van der Waals surface area contributed by atoms with E-state index in [0.717, 1.165) is 44.7 Å². The maximum atomic E-state index is 13.7. The number of fused-ring (bicyclic) bond motifs is 1. The number of esters is 1. The summed E-state index contributed by atoms with van der Waals surface area (Å²) in [6.07, 6.45) is 9.76. The lowest BCUT2D eigenvalue weighted by Gasteiger charge is -2.25. The van der Waals surface area contributed by atoms with Gasteiger partial charge in [-0.15, -0.1) is 9.45 Å². The van der Waals surface area contributed by atoms with Gasteiger partial charge >= 0.3 is 5.97 Å². The molecule has 0 aromatic heterocycles. The highest BCUT2D eigenvalue weighted by atomic mass is 35.5. The van der Waals surface area contributed by atoms with E-state index in [2.05, 4.69) is 37.2 Å². The number of anilines is 2. The van der Waals surface area contributed by atoms with Crippen molar-refractivity contribution in [2.24, 2.45) is 15.6 Å². The maximum absolute atomic E-state index is 13.7. The van der Waals surface area contributed by atoms with Crippen LogP contribution in [-0.2, 0) is 38.6 Å². The third kappa shape index (κ3) is 15.2. The molecule has 1 atom stereocenters. The molecule has 0 bridgehead atoms. The Morgan fingerprint density at radius 3 is 2.08 bits per heavy atom. The third-order valence-corrected chi connectivity index (χ3v) is 11.4. The summed E-state index contributed by atoms with van der Waals surface area (Å²) >= 11 is 6.78. The minimum absolute atomic E-state index is 0.0107. The summed E-state index contributed by atoms with van der Waals surface area (Å²) in [7, 11) is -4.76. The number of halogens is 1. The molecule has 0 saturated heterocycles. The van der Waals surface area contributed by atoms with Crippen molar-refractivity contribution < 1.29 is 61.4 Å². The van der Waals surface area contributed by atoms with Crippen LogP contribution in [0.4, 0.5) is 22.7 Å². The monoisotopic (exact) mass is 944 g/mol. The second kappa shape index (κ2) is 24.2.